The van der Waals surface area contributed by atoms with E-state index in [1.807, 2.05) is 36.4 Å². The van der Waals surface area contributed by atoms with Crippen LogP contribution in [0.25, 0.3) is 11.8 Å². The maximum atomic E-state index is 13.9. The van der Waals surface area contributed by atoms with Crippen molar-refractivity contribution < 1.29 is 14.4 Å². The SMILES string of the molecule is COc1cccc(C=c2sc3n(c2=O)C(c2cccc([N+](=O)[O-])c2)C2=C(N=3)c3ccccc3CC2)c1OC. The van der Waals surface area contributed by atoms with E-state index in [9.17, 15) is 14.9 Å². The van der Waals surface area contributed by atoms with Gasteiger partial charge in [0, 0.05) is 23.3 Å². The first-order valence-electron chi connectivity index (χ1n) is 12.1. The molecule has 0 spiro atoms. The second-order valence-electron chi connectivity index (χ2n) is 9.05. The summed E-state index contributed by atoms with van der Waals surface area (Å²) in [6, 6.07) is 19.7. The number of para-hydroxylation sites is 1. The van der Waals surface area contributed by atoms with Gasteiger partial charge in [0.25, 0.3) is 11.2 Å². The maximum Gasteiger partial charge on any atom is 0.271 e. The predicted molar refractivity (Wildman–Crippen MR) is 145 cm³/mol. The molecule has 0 saturated carbocycles. The normalized spacial score (nSPS) is 16.3. The number of methoxy groups -OCH3 is 2. The molecule has 0 saturated heterocycles. The summed E-state index contributed by atoms with van der Waals surface area (Å²) in [7, 11) is 3.13. The Balaban J connectivity index is 1.63. The molecule has 9 heteroatoms. The van der Waals surface area contributed by atoms with Crippen LogP contribution in [-0.4, -0.2) is 23.7 Å². The van der Waals surface area contributed by atoms with Gasteiger partial charge >= 0.3 is 0 Å². The number of rotatable bonds is 5. The number of allylic oxidation sites excluding steroid dienone is 1. The van der Waals surface area contributed by atoms with Crippen molar-refractivity contribution in [2.45, 2.75) is 18.9 Å². The number of aromatic nitrogens is 1. The van der Waals surface area contributed by atoms with Crippen molar-refractivity contribution in [3.05, 3.63) is 124 Å². The Bertz CT molecular complexity index is 1820. The van der Waals surface area contributed by atoms with E-state index in [4.69, 9.17) is 14.5 Å². The Hall–Kier alpha value is -4.50. The molecule has 8 nitrogen and oxygen atoms in total. The van der Waals surface area contributed by atoms with Crippen molar-refractivity contribution in [1.29, 1.82) is 0 Å². The number of hydrogen-bond acceptors (Lipinski definition) is 7. The molecular weight excluding hydrogens is 502 g/mol. The highest BCUT2D eigenvalue weighted by Gasteiger charge is 2.33. The van der Waals surface area contributed by atoms with Crippen LogP contribution in [0.1, 0.15) is 34.7 Å². The molecule has 1 aliphatic carbocycles. The number of nitro groups is 1. The van der Waals surface area contributed by atoms with Gasteiger partial charge in [-0.3, -0.25) is 19.5 Å². The fourth-order valence-corrected chi connectivity index (χ4v) is 6.29. The van der Waals surface area contributed by atoms with Crippen molar-refractivity contribution >= 4 is 28.8 Å². The van der Waals surface area contributed by atoms with Gasteiger partial charge in [-0.1, -0.05) is 59.9 Å². The lowest BCUT2D eigenvalue weighted by Gasteiger charge is -2.30. The monoisotopic (exact) mass is 525 g/mol. The summed E-state index contributed by atoms with van der Waals surface area (Å²) >= 11 is 1.29. The lowest BCUT2D eigenvalue weighted by Crippen LogP contribution is -2.38. The molecule has 2 aliphatic rings. The van der Waals surface area contributed by atoms with Gasteiger partial charge in [0.15, 0.2) is 16.3 Å². The van der Waals surface area contributed by atoms with E-state index >= 15 is 0 Å². The van der Waals surface area contributed by atoms with Crippen LogP contribution in [0.2, 0.25) is 0 Å². The van der Waals surface area contributed by atoms with Gasteiger partial charge < -0.3 is 9.47 Å². The van der Waals surface area contributed by atoms with Crippen molar-refractivity contribution in [1.82, 2.24) is 4.57 Å². The first-order valence-corrected chi connectivity index (χ1v) is 12.9. The van der Waals surface area contributed by atoms with Gasteiger partial charge in [0.2, 0.25) is 0 Å². The van der Waals surface area contributed by atoms with Gasteiger partial charge in [-0.25, -0.2) is 4.99 Å². The van der Waals surface area contributed by atoms with Crippen LogP contribution in [0.4, 0.5) is 5.69 Å². The molecule has 0 N–H and O–H groups in total. The van der Waals surface area contributed by atoms with Crippen LogP contribution < -0.4 is 24.4 Å². The maximum absolute atomic E-state index is 13.9. The highest BCUT2D eigenvalue weighted by molar-refractivity contribution is 7.07. The molecule has 0 radical (unpaired) electrons. The summed E-state index contributed by atoms with van der Waals surface area (Å²) in [5, 5.41) is 11.6. The third-order valence-corrected chi connectivity index (χ3v) is 7.97. The van der Waals surface area contributed by atoms with Gasteiger partial charge in [0.05, 0.1) is 35.4 Å². The van der Waals surface area contributed by atoms with E-state index in [0.29, 0.717) is 38.4 Å². The van der Waals surface area contributed by atoms with Crippen molar-refractivity contribution in [3.8, 4) is 11.5 Å². The van der Waals surface area contributed by atoms with E-state index in [2.05, 4.69) is 6.07 Å². The number of nitro benzene ring substituents is 1. The van der Waals surface area contributed by atoms with E-state index in [1.54, 1.807) is 43.1 Å². The van der Waals surface area contributed by atoms with Crippen LogP contribution in [0.3, 0.4) is 0 Å². The van der Waals surface area contributed by atoms with E-state index in [0.717, 1.165) is 23.3 Å². The van der Waals surface area contributed by atoms with Gasteiger partial charge in [0.1, 0.15) is 0 Å². The molecule has 38 heavy (non-hydrogen) atoms. The fraction of sp³-hybridized carbons (Fsp3) is 0.172. The topological polar surface area (TPSA) is 96.0 Å². The lowest BCUT2D eigenvalue weighted by atomic mass is 9.83. The number of aryl methyl sites for hydroxylation is 1. The zero-order valence-corrected chi connectivity index (χ0v) is 21.5. The lowest BCUT2D eigenvalue weighted by molar-refractivity contribution is -0.384. The third-order valence-electron chi connectivity index (χ3n) is 6.99. The van der Waals surface area contributed by atoms with Crippen molar-refractivity contribution in [2.75, 3.05) is 14.2 Å². The largest absolute Gasteiger partial charge is 0.493 e. The minimum absolute atomic E-state index is 0.0129. The molecular formula is C29H23N3O5S. The molecule has 0 amide bonds. The average Bonchev–Trinajstić information content (AvgIpc) is 3.25. The van der Waals surface area contributed by atoms with E-state index in [1.165, 1.54) is 23.0 Å². The predicted octanol–water partition coefficient (Wildman–Crippen LogP) is 4.24. The molecule has 2 heterocycles. The summed E-state index contributed by atoms with van der Waals surface area (Å²) in [4.78, 5) is 30.7. The van der Waals surface area contributed by atoms with Crippen LogP contribution in [-0.2, 0) is 6.42 Å². The summed E-state index contributed by atoms with van der Waals surface area (Å²) in [6.45, 7) is 0. The first-order chi connectivity index (χ1) is 18.5. The Morgan fingerprint density at radius 1 is 1.05 bits per heavy atom. The third kappa shape index (κ3) is 3.83. The highest BCUT2D eigenvalue weighted by atomic mass is 32.1. The van der Waals surface area contributed by atoms with Crippen LogP contribution in [0.5, 0.6) is 11.5 Å². The smallest absolute Gasteiger partial charge is 0.271 e. The molecule has 1 aromatic heterocycles. The van der Waals surface area contributed by atoms with Crippen LogP contribution in [0, 0.1) is 10.1 Å². The number of benzene rings is 3. The summed E-state index contributed by atoms with van der Waals surface area (Å²) in [5.74, 6) is 1.10. The number of thiazole rings is 1. The zero-order chi connectivity index (χ0) is 26.4. The Morgan fingerprint density at radius 3 is 2.66 bits per heavy atom. The average molecular weight is 526 g/mol. The van der Waals surface area contributed by atoms with E-state index in [-0.39, 0.29) is 11.2 Å². The molecule has 4 aromatic rings. The number of non-ortho nitro benzene ring substituents is 1. The van der Waals surface area contributed by atoms with Crippen molar-refractivity contribution in [3.63, 3.8) is 0 Å². The molecule has 0 bridgehead atoms. The Kier molecular flexibility index (Phi) is 5.92. The summed E-state index contributed by atoms with van der Waals surface area (Å²) in [5.41, 5.74) is 5.24. The van der Waals surface area contributed by atoms with Crippen LogP contribution in [0.15, 0.2) is 82.1 Å². The second-order valence-corrected chi connectivity index (χ2v) is 10.1. The standard InChI is InChI=1S/C29H23N3O5S/c1-36-23-12-6-9-19(27(23)37-2)16-24-28(33)31-26(18-8-5-10-20(15-18)32(34)35)22-14-13-17-7-3-4-11-21(17)25(22)30-29(31)38-24/h3-12,15-16,26H,13-14H2,1-2H3. The Labute approximate surface area is 221 Å². The van der Waals surface area contributed by atoms with Crippen molar-refractivity contribution in [2.24, 2.45) is 4.99 Å². The second kappa shape index (κ2) is 9.42. The first kappa shape index (κ1) is 23.9. The quantitative estimate of drug-likeness (QED) is 0.287. The highest BCUT2D eigenvalue weighted by Crippen LogP contribution is 2.41. The van der Waals surface area contributed by atoms with Crippen LogP contribution >= 0.6 is 11.3 Å². The van der Waals surface area contributed by atoms with E-state index < -0.39 is 11.0 Å². The molecule has 1 unspecified atom stereocenters. The molecule has 6 rings (SSSR count). The minimum atomic E-state index is -0.496. The van der Waals surface area contributed by atoms with Gasteiger partial charge in [-0.2, -0.15) is 0 Å². The number of hydrogen-bond donors (Lipinski definition) is 0. The number of fused-ring (bicyclic) bond motifs is 3. The fourth-order valence-electron chi connectivity index (χ4n) is 5.30. The van der Waals surface area contributed by atoms with Gasteiger partial charge in [-0.05, 0) is 41.7 Å². The Morgan fingerprint density at radius 2 is 1.87 bits per heavy atom. The number of ether oxygens (including phenoxy) is 2. The molecule has 3 aromatic carbocycles. The number of nitrogens with zero attached hydrogens (tertiary/aromatic N) is 3. The molecule has 1 aliphatic heterocycles. The summed E-state index contributed by atoms with van der Waals surface area (Å²) in [6.07, 6.45) is 3.30. The molecule has 1 atom stereocenters. The van der Waals surface area contributed by atoms with Gasteiger partial charge in [-0.15, -0.1) is 0 Å². The zero-order valence-electron chi connectivity index (χ0n) is 20.7. The summed E-state index contributed by atoms with van der Waals surface area (Å²) < 4.78 is 13.2. The molecule has 0 fully saturated rings. The minimum Gasteiger partial charge on any atom is -0.493 e. The molecule has 190 valence electrons.